The number of amides is 1. The van der Waals surface area contributed by atoms with Crippen molar-refractivity contribution < 1.29 is 14.3 Å². The zero-order valence-corrected chi connectivity index (χ0v) is 12.6. The lowest BCUT2D eigenvalue weighted by Gasteiger charge is -2.16. The van der Waals surface area contributed by atoms with Gasteiger partial charge in [0.15, 0.2) is 0 Å². The number of hydrogen-bond acceptors (Lipinski definition) is 6. The van der Waals surface area contributed by atoms with Crippen molar-refractivity contribution in [3.63, 3.8) is 0 Å². The average molecular weight is 316 g/mol. The summed E-state index contributed by atoms with van der Waals surface area (Å²) in [5.74, 6) is 0.417. The Morgan fingerprint density at radius 3 is 3.00 bits per heavy atom. The minimum absolute atomic E-state index is 0.134. The summed E-state index contributed by atoms with van der Waals surface area (Å²) in [6, 6.07) is 3.15. The number of hydrogen-bond donors (Lipinski definition) is 1. The Balaban J connectivity index is 1.65. The third-order valence-electron chi connectivity index (χ3n) is 3.57. The quantitative estimate of drug-likeness (QED) is 0.880. The average Bonchev–Trinajstić information content (AvgIpc) is 3.03. The molecule has 0 aromatic carbocycles. The lowest BCUT2D eigenvalue weighted by molar-refractivity contribution is 0.0769. The highest BCUT2D eigenvalue weighted by atomic mass is 16.5. The Kier molecular flexibility index (Phi) is 4.22. The van der Waals surface area contributed by atoms with Gasteiger partial charge < -0.3 is 19.4 Å². The number of nitrogens with zero attached hydrogens (tertiary/aromatic N) is 3. The molecule has 0 saturated carbocycles. The molecule has 3 heterocycles. The minimum Gasteiger partial charge on any atom is -0.480 e. The van der Waals surface area contributed by atoms with Crippen molar-refractivity contribution in [2.75, 3.05) is 20.2 Å². The lowest BCUT2D eigenvalue weighted by atomic mass is 10.2. The monoisotopic (exact) mass is 316 g/mol. The molecule has 2 aromatic rings. The van der Waals surface area contributed by atoms with Gasteiger partial charge in [-0.15, -0.1) is 0 Å². The van der Waals surface area contributed by atoms with Crippen molar-refractivity contribution in [1.82, 2.24) is 19.9 Å². The molecular formula is C15H16N4O4. The zero-order chi connectivity index (χ0) is 16.2. The van der Waals surface area contributed by atoms with Crippen LogP contribution in [0.3, 0.4) is 0 Å². The van der Waals surface area contributed by atoms with Crippen LogP contribution in [0.5, 0.6) is 11.8 Å². The van der Waals surface area contributed by atoms with E-state index in [1.54, 1.807) is 11.0 Å². The molecule has 120 valence electrons. The molecule has 8 nitrogen and oxygen atoms in total. The highest BCUT2D eigenvalue weighted by Crippen LogP contribution is 2.18. The van der Waals surface area contributed by atoms with E-state index in [0.29, 0.717) is 31.3 Å². The van der Waals surface area contributed by atoms with Crippen molar-refractivity contribution in [2.24, 2.45) is 0 Å². The molecule has 0 radical (unpaired) electrons. The second-order valence-electron chi connectivity index (χ2n) is 5.09. The lowest BCUT2D eigenvalue weighted by Crippen LogP contribution is -2.34. The molecule has 1 unspecified atom stereocenters. The molecule has 1 amide bonds. The van der Waals surface area contributed by atoms with E-state index in [1.165, 1.54) is 31.8 Å². The van der Waals surface area contributed by atoms with Crippen LogP contribution in [-0.4, -0.2) is 52.1 Å². The number of methoxy groups -OCH3 is 1. The van der Waals surface area contributed by atoms with Crippen LogP contribution in [0.25, 0.3) is 0 Å². The molecule has 0 aliphatic carbocycles. The van der Waals surface area contributed by atoms with Crippen LogP contribution in [0.2, 0.25) is 0 Å². The Morgan fingerprint density at radius 2 is 2.22 bits per heavy atom. The van der Waals surface area contributed by atoms with Gasteiger partial charge in [-0.25, -0.2) is 0 Å². The van der Waals surface area contributed by atoms with Crippen molar-refractivity contribution in [1.29, 1.82) is 0 Å². The number of aromatic nitrogens is 3. The molecule has 1 atom stereocenters. The van der Waals surface area contributed by atoms with E-state index >= 15 is 0 Å². The van der Waals surface area contributed by atoms with E-state index in [9.17, 15) is 9.59 Å². The second kappa shape index (κ2) is 6.47. The first kappa shape index (κ1) is 15.0. The van der Waals surface area contributed by atoms with E-state index < -0.39 is 0 Å². The van der Waals surface area contributed by atoms with Crippen LogP contribution in [0.4, 0.5) is 0 Å². The van der Waals surface area contributed by atoms with Crippen molar-refractivity contribution in [3.8, 4) is 11.8 Å². The first-order valence-corrected chi connectivity index (χ1v) is 7.17. The third-order valence-corrected chi connectivity index (χ3v) is 3.57. The Morgan fingerprint density at radius 1 is 1.39 bits per heavy atom. The molecule has 2 aromatic heterocycles. The maximum absolute atomic E-state index is 12.4. The van der Waals surface area contributed by atoms with Crippen LogP contribution in [0, 0.1) is 0 Å². The van der Waals surface area contributed by atoms with E-state index in [2.05, 4.69) is 15.0 Å². The van der Waals surface area contributed by atoms with Crippen LogP contribution in [0.1, 0.15) is 16.8 Å². The van der Waals surface area contributed by atoms with Gasteiger partial charge in [0.2, 0.25) is 11.8 Å². The number of likely N-dealkylation sites (tertiary alicyclic amines) is 1. The Labute approximate surface area is 132 Å². The number of carbonyl (C=O) groups is 1. The number of carbonyl (C=O) groups excluding carboxylic acids is 1. The van der Waals surface area contributed by atoms with Crippen molar-refractivity contribution >= 4 is 5.91 Å². The van der Waals surface area contributed by atoms with Crippen LogP contribution >= 0.6 is 0 Å². The van der Waals surface area contributed by atoms with Crippen LogP contribution in [-0.2, 0) is 0 Å². The largest absolute Gasteiger partial charge is 0.480 e. The second-order valence-corrected chi connectivity index (χ2v) is 5.09. The van der Waals surface area contributed by atoms with Gasteiger partial charge in [0.1, 0.15) is 11.7 Å². The summed E-state index contributed by atoms with van der Waals surface area (Å²) >= 11 is 0. The maximum Gasteiger partial charge on any atom is 0.260 e. The molecule has 1 aliphatic rings. The normalized spacial score (nSPS) is 17.1. The van der Waals surface area contributed by atoms with E-state index in [1.807, 2.05) is 0 Å². The molecule has 1 saturated heterocycles. The molecule has 3 rings (SSSR count). The van der Waals surface area contributed by atoms with Crippen LogP contribution < -0.4 is 15.0 Å². The fraction of sp³-hybridized carbons (Fsp3) is 0.333. The molecule has 1 aliphatic heterocycles. The fourth-order valence-electron chi connectivity index (χ4n) is 2.43. The summed E-state index contributed by atoms with van der Waals surface area (Å²) in [6.45, 7) is 0.918. The Bertz CT molecular complexity index is 761. The van der Waals surface area contributed by atoms with Gasteiger partial charge in [0, 0.05) is 19.2 Å². The van der Waals surface area contributed by atoms with Gasteiger partial charge in [0.25, 0.3) is 11.5 Å². The molecular weight excluding hydrogens is 300 g/mol. The third kappa shape index (κ3) is 3.31. The number of H-pyrrole nitrogens is 1. The van der Waals surface area contributed by atoms with Gasteiger partial charge >= 0.3 is 0 Å². The summed E-state index contributed by atoms with van der Waals surface area (Å²) in [6.07, 6.45) is 4.95. The van der Waals surface area contributed by atoms with E-state index in [4.69, 9.17) is 9.47 Å². The Hall–Kier alpha value is -2.90. The maximum atomic E-state index is 12.4. The van der Waals surface area contributed by atoms with Gasteiger partial charge in [0.05, 0.1) is 26.0 Å². The van der Waals surface area contributed by atoms with E-state index in [0.717, 1.165) is 0 Å². The highest BCUT2D eigenvalue weighted by molar-refractivity contribution is 5.94. The topological polar surface area (TPSA) is 97.4 Å². The van der Waals surface area contributed by atoms with Gasteiger partial charge in [-0.2, -0.15) is 4.98 Å². The minimum atomic E-state index is -0.388. The summed E-state index contributed by atoms with van der Waals surface area (Å²) < 4.78 is 10.7. The van der Waals surface area contributed by atoms with Crippen LogP contribution in [0.15, 0.2) is 35.5 Å². The zero-order valence-electron chi connectivity index (χ0n) is 12.6. The predicted octanol–water partition coefficient (Wildman–Crippen LogP) is 0.467. The molecule has 0 bridgehead atoms. The summed E-state index contributed by atoms with van der Waals surface area (Å²) in [5.41, 5.74) is -0.255. The van der Waals surface area contributed by atoms with E-state index in [-0.39, 0.29) is 23.1 Å². The highest BCUT2D eigenvalue weighted by Gasteiger charge is 2.29. The first-order chi connectivity index (χ1) is 11.2. The summed E-state index contributed by atoms with van der Waals surface area (Å²) in [5, 5.41) is 0. The SMILES string of the molecule is COc1cncc(OC2CCN(C(=O)c3ccc[nH]c3=O)C2)n1. The number of nitrogens with one attached hydrogen (secondary N) is 1. The smallest absolute Gasteiger partial charge is 0.260 e. The van der Waals surface area contributed by atoms with Gasteiger partial charge in [-0.3, -0.25) is 14.6 Å². The molecule has 1 fully saturated rings. The molecule has 8 heteroatoms. The first-order valence-electron chi connectivity index (χ1n) is 7.17. The van der Waals surface area contributed by atoms with Crippen molar-refractivity contribution in [2.45, 2.75) is 12.5 Å². The molecule has 23 heavy (non-hydrogen) atoms. The standard InChI is InChI=1S/C15H16N4O4/c1-22-12-7-16-8-13(18-12)23-10-4-6-19(9-10)15(21)11-3-2-5-17-14(11)20/h2-3,5,7-8,10H,4,6,9H2,1H3,(H,17,20). The number of ether oxygens (including phenoxy) is 2. The number of rotatable bonds is 4. The van der Waals surface area contributed by atoms with Crippen molar-refractivity contribution in [3.05, 3.63) is 46.6 Å². The molecule has 1 N–H and O–H groups in total. The number of aromatic amines is 1. The van der Waals surface area contributed by atoms with Gasteiger partial charge in [-0.05, 0) is 12.1 Å². The fourth-order valence-corrected chi connectivity index (χ4v) is 2.43. The van der Waals surface area contributed by atoms with Gasteiger partial charge in [-0.1, -0.05) is 0 Å². The molecule has 0 spiro atoms. The number of pyridine rings is 1. The summed E-state index contributed by atoms with van der Waals surface area (Å²) in [4.78, 5) is 36.3. The predicted molar refractivity (Wildman–Crippen MR) is 80.6 cm³/mol. The summed E-state index contributed by atoms with van der Waals surface area (Å²) in [7, 11) is 1.50.